The first-order valence-corrected chi connectivity index (χ1v) is 7.85. The van der Waals surface area contributed by atoms with Crippen molar-refractivity contribution < 1.29 is 4.74 Å². The fraction of sp³-hybridized carbons (Fsp3) is 0.625. The molecule has 1 N–H and O–H groups in total. The van der Waals surface area contributed by atoms with Crippen LogP contribution in [0.2, 0.25) is 0 Å². The Hall–Kier alpha value is -0.580. The number of nitrogens with one attached hydrogen (secondary N) is 1. The molecule has 1 atom stereocenters. The van der Waals surface area contributed by atoms with Gasteiger partial charge < -0.3 is 15.0 Å². The maximum absolute atomic E-state index is 5.29. The molecule has 0 aromatic heterocycles. The molecule has 0 heterocycles. The van der Waals surface area contributed by atoms with Gasteiger partial charge in [0.2, 0.25) is 0 Å². The van der Waals surface area contributed by atoms with E-state index in [-0.39, 0.29) is 5.54 Å². The fourth-order valence-electron chi connectivity index (χ4n) is 2.20. The maximum Gasteiger partial charge on any atom is 0.133 e. The fourth-order valence-corrected chi connectivity index (χ4v) is 2.79. The third-order valence-corrected chi connectivity index (χ3v) is 4.73. The Balaban J connectivity index is 2.93. The second-order valence-electron chi connectivity index (χ2n) is 5.83. The second-order valence-corrected chi connectivity index (χ2v) is 6.69. The van der Waals surface area contributed by atoms with Crippen molar-refractivity contribution in [2.75, 3.05) is 27.7 Å². The summed E-state index contributed by atoms with van der Waals surface area (Å²) in [6.07, 6.45) is 0.988. The average molecular weight is 343 g/mol. The van der Waals surface area contributed by atoms with Gasteiger partial charge in [-0.2, -0.15) is 0 Å². The van der Waals surface area contributed by atoms with Gasteiger partial charge in [-0.3, -0.25) is 0 Å². The molecule has 0 fully saturated rings. The summed E-state index contributed by atoms with van der Waals surface area (Å²) in [6, 6.07) is 6.70. The van der Waals surface area contributed by atoms with Gasteiger partial charge in [-0.25, -0.2) is 0 Å². The topological polar surface area (TPSA) is 24.5 Å². The van der Waals surface area contributed by atoms with Crippen molar-refractivity contribution >= 4 is 15.9 Å². The zero-order chi connectivity index (χ0) is 15.3. The number of hydrogen-bond acceptors (Lipinski definition) is 3. The molecule has 0 aliphatic carbocycles. The average Bonchev–Trinajstić information content (AvgIpc) is 2.38. The van der Waals surface area contributed by atoms with Crippen molar-refractivity contribution in [2.24, 2.45) is 0 Å². The lowest BCUT2D eigenvalue weighted by molar-refractivity contribution is 0.138. The molecule has 0 amide bonds. The molecular formula is C16H27BrN2O. The smallest absolute Gasteiger partial charge is 0.133 e. The highest BCUT2D eigenvalue weighted by Gasteiger charge is 2.31. The quantitative estimate of drug-likeness (QED) is 0.822. The van der Waals surface area contributed by atoms with Crippen LogP contribution in [0.4, 0.5) is 0 Å². The first-order valence-electron chi connectivity index (χ1n) is 7.06. The molecule has 0 saturated heterocycles. The van der Waals surface area contributed by atoms with Crippen LogP contribution in [0.1, 0.15) is 26.3 Å². The third kappa shape index (κ3) is 4.21. The van der Waals surface area contributed by atoms with Crippen molar-refractivity contribution in [1.29, 1.82) is 0 Å². The minimum Gasteiger partial charge on any atom is -0.496 e. The molecular weight excluding hydrogens is 316 g/mol. The second kappa shape index (κ2) is 7.43. The zero-order valence-corrected chi connectivity index (χ0v) is 15.0. The van der Waals surface area contributed by atoms with Gasteiger partial charge in [0.25, 0.3) is 0 Å². The van der Waals surface area contributed by atoms with Gasteiger partial charge >= 0.3 is 0 Å². The Labute approximate surface area is 131 Å². The molecule has 1 rings (SSSR count). The van der Waals surface area contributed by atoms with E-state index >= 15 is 0 Å². The summed E-state index contributed by atoms with van der Waals surface area (Å²) in [5.74, 6) is 0.876. The summed E-state index contributed by atoms with van der Waals surface area (Å²) in [4.78, 5) is 2.28. The highest BCUT2D eigenvalue weighted by atomic mass is 79.9. The van der Waals surface area contributed by atoms with E-state index in [2.05, 4.69) is 73.1 Å². The Bertz CT molecular complexity index is 432. The third-order valence-electron chi connectivity index (χ3n) is 4.11. The number of halogens is 1. The van der Waals surface area contributed by atoms with Crippen molar-refractivity contribution in [2.45, 2.75) is 38.8 Å². The lowest BCUT2D eigenvalue weighted by Crippen LogP contribution is -2.56. The zero-order valence-electron chi connectivity index (χ0n) is 13.5. The molecule has 1 aromatic rings. The number of nitrogens with zero attached hydrogens (tertiary/aromatic N) is 1. The predicted molar refractivity (Wildman–Crippen MR) is 89.6 cm³/mol. The van der Waals surface area contributed by atoms with Crippen LogP contribution in [0.25, 0.3) is 0 Å². The normalized spacial score (nSPS) is 13.6. The molecule has 1 aromatic carbocycles. The van der Waals surface area contributed by atoms with Crippen molar-refractivity contribution in [3.8, 4) is 5.75 Å². The highest BCUT2D eigenvalue weighted by molar-refractivity contribution is 9.10. The summed E-state index contributed by atoms with van der Waals surface area (Å²) >= 11 is 3.56. The number of likely N-dealkylation sites (N-methyl/N-ethyl adjacent to an activating group) is 2. The molecule has 0 radical (unpaired) electrons. The highest BCUT2D eigenvalue weighted by Crippen LogP contribution is 2.27. The molecule has 114 valence electrons. The van der Waals surface area contributed by atoms with Gasteiger partial charge in [0, 0.05) is 11.6 Å². The lowest BCUT2D eigenvalue weighted by Gasteiger charge is -2.41. The lowest BCUT2D eigenvalue weighted by atomic mass is 9.88. The van der Waals surface area contributed by atoms with E-state index in [4.69, 9.17) is 4.74 Å². The predicted octanol–water partition coefficient (Wildman–Crippen LogP) is 3.32. The minimum absolute atomic E-state index is 0.0857. The molecule has 3 nitrogen and oxygen atoms in total. The van der Waals surface area contributed by atoms with E-state index in [0.29, 0.717) is 6.04 Å². The minimum atomic E-state index is 0.0857. The molecule has 4 heteroatoms. The van der Waals surface area contributed by atoms with Gasteiger partial charge in [0.05, 0.1) is 11.6 Å². The summed E-state index contributed by atoms with van der Waals surface area (Å²) in [5.41, 5.74) is 1.39. The van der Waals surface area contributed by atoms with E-state index in [1.807, 2.05) is 6.07 Å². The summed E-state index contributed by atoms with van der Waals surface area (Å²) in [7, 11) is 5.96. The van der Waals surface area contributed by atoms with Crippen LogP contribution in [-0.2, 0) is 6.42 Å². The van der Waals surface area contributed by atoms with E-state index in [0.717, 1.165) is 23.2 Å². The summed E-state index contributed by atoms with van der Waals surface area (Å²) in [5, 5.41) is 3.61. The first kappa shape index (κ1) is 17.5. The first-order chi connectivity index (χ1) is 9.32. The largest absolute Gasteiger partial charge is 0.496 e. The Morgan fingerprint density at radius 3 is 2.45 bits per heavy atom. The van der Waals surface area contributed by atoms with E-state index in [9.17, 15) is 0 Å². The molecule has 20 heavy (non-hydrogen) atoms. The number of benzene rings is 1. The van der Waals surface area contributed by atoms with Crippen LogP contribution in [-0.4, -0.2) is 44.2 Å². The van der Waals surface area contributed by atoms with Crippen molar-refractivity contribution in [1.82, 2.24) is 10.2 Å². The maximum atomic E-state index is 5.29. The molecule has 0 aliphatic heterocycles. The van der Waals surface area contributed by atoms with Crippen LogP contribution in [0.5, 0.6) is 5.75 Å². The van der Waals surface area contributed by atoms with Gasteiger partial charge in [-0.05, 0) is 74.5 Å². The summed E-state index contributed by atoms with van der Waals surface area (Å²) in [6.45, 7) is 7.68. The number of ether oxygens (including phenoxy) is 1. The Kier molecular flexibility index (Phi) is 6.49. The van der Waals surface area contributed by atoms with Gasteiger partial charge in [0.15, 0.2) is 0 Å². The summed E-state index contributed by atoms with van der Waals surface area (Å²) < 4.78 is 6.30. The van der Waals surface area contributed by atoms with E-state index in [1.54, 1.807) is 7.11 Å². The Morgan fingerprint density at radius 2 is 2.00 bits per heavy atom. The molecule has 0 bridgehead atoms. The van der Waals surface area contributed by atoms with Gasteiger partial charge in [-0.15, -0.1) is 0 Å². The van der Waals surface area contributed by atoms with Crippen LogP contribution in [0, 0.1) is 0 Å². The molecule has 0 saturated carbocycles. The van der Waals surface area contributed by atoms with Crippen LogP contribution in [0.3, 0.4) is 0 Å². The molecule has 0 spiro atoms. The van der Waals surface area contributed by atoms with Crippen LogP contribution >= 0.6 is 15.9 Å². The van der Waals surface area contributed by atoms with Crippen molar-refractivity contribution in [3.63, 3.8) is 0 Å². The van der Waals surface area contributed by atoms with Gasteiger partial charge in [0.1, 0.15) is 5.75 Å². The molecule has 0 aliphatic rings. The van der Waals surface area contributed by atoms with Gasteiger partial charge in [-0.1, -0.05) is 13.0 Å². The van der Waals surface area contributed by atoms with Crippen LogP contribution < -0.4 is 10.1 Å². The standard InChI is InChI=1S/C16H27BrN2O/c1-7-18-15(16(2,3)19(4)5)11-12-8-9-14(20-6)13(17)10-12/h8-10,15,18H,7,11H2,1-6H3. The van der Waals surface area contributed by atoms with E-state index < -0.39 is 0 Å². The van der Waals surface area contributed by atoms with Crippen molar-refractivity contribution in [3.05, 3.63) is 28.2 Å². The van der Waals surface area contributed by atoms with Crippen LogP contribution in [0.15, 0.2) is 22.7 Å². The van der Waals surface area contributed by atoms with E-state index in [1.165, 1.54) is 5.56 Å². The number of rotatable bonds is 7. The SMILES string of the molecule is CCNC(Cc1ccc(OC)c(Br)c1)C(C)(C)N(C)C. The number of hydrogen-bond donors (Lipinski definition) is 1. The monoisotopic (exact) mass is 342 g/mol. The number of methoxy groups -OCH3 is 1. The molecule has 1 unspecified atom stereocenters. The Morgan fingerprint density at radius 1 is 1.35 bits per heavy atom.